The second-order valence-electron chi connectivity index (χ2n) is 4.61. The molecule has 2 rings (SSSR count). The van der Waals surface area contributed by atoms with Crippen molar-refractivity contribution < 1.29 is 5.11 Å². The number of hydrogen-bond donors (Lipinski definition) is 1. The lowest BCUT2D eigenvalue weighted by molar-refractivity contribution is -0.0308. The summed E-state index contributed by atoms with van der Waals surface area (Å²) in [6.45, 7) is 7.28. The van der Waals surface area contributed by atoms with Crippen molar-refractivity contribution >= 4 is 5.95 Å². The Kier molecular flexibility index (Phi) is 2.38. The lowest BCUT2D eigenvalue weighted by Crippen LogP contribution is -2.65. The Hall–Kier alpha value is -1.16. The lowest BCUT2D eigenvalue weighted by atomic mass is 9.83. The minimum absolute atomic E-state index is 0.276. The van der Waals surface area contributed by atoms with Crippen molar-refractivity contribution in [3.05, 3.63) is 18.0 Å². The lowest BCUT2D eigenvalue weighted by Gasteiger charge is -2.49. The van der Waals surface area contributed by atoms with Gasteiger partial charge in [-0.05, 0) is 18.9 Å². The van der Waals surface area contributed by atoms with Crippen molar-refractivity contribution in [1.29, 1.82) is 0 Å². The molecule has 4 heteroatoms. The molecule has 1 aliphatic rings. The van der Waals surface area contributed by atoms with Crippen LogP contribution < -0.4 is 4.90 Å². The molecule has 82 valence electrons. The van der Waals surface area contributed by atoms with Gasteiger partial charge in [0.25, 0.3) is 0 Å². The Morgan fingerprint density at radius 1 is 1.47 bits per heavy atom. The molecule has 4 nitrogen and oxygen atoms in total. The number of aliphatic hydroxyl groups is 1. The first-order valence-electron chi connectivity index (χ1n) is 5.28. The summed E-state index contributed by atoms with van der Waals surface area (Å²) in [5.41, 5.74) is 0.396. The zero-order valence-corrected chi connectivity index (χ0v) is 9.44. The quantitative estimate of drug-likeness (QED) is 0.785. The van der Waals surface area contributed by atoms with E-state index in [1.807, 2.05) is 31.7 Å². The van der Waals surface area contributed by atoms with Crippen molar-refractivity contribution in [2.24, 2.45) is 5.92 Å². The second kappa shape index (κ2) is 3.45. The Morgan fingerprint density at radius 2 is 2.13 bits per heavy atom. The van der Waals surface area contributed by atoms with Gasteiger partial charge in [-0.3, -0.25) is 0 Å². The van der Waals surface area contributed by atoms with Crippen LogP contribution in [0, 0.1) is 12.8 Å². The molecule has 1 N–H and O–H groups in total. The molecule has 0 atom stereocenters. The van der Waals surface area contributed by atoms with E-state index in [9.17, 15) is 5.11 Å². The summed E-state index contributed by atoms with van der Waals surface area (Å²) in [6, 6.07) is 1.87. The molecule has 2 heterocycles. The monoisotopic (exact) mass is 207 g/mol. The maximum absolute atomic E-state index is 10.1. The molecule has 0 aromatic carbocycles. The predicted molar refractivity (Wildman–Crippen MR) is 58.8 cm³/mol. The standard InChI is InChI=1S/C11H17N3O/c1-8(2)11(15)6-14(7-11)10-12-5-4-9(3)13-10/h4-5,8,15H,6-7H2,1-3H3. The van der Waals surface area contributed by atoms with Crippen LogP contribution in [-0.2, 0) is 0 Å². The number of β-amino-alcohol motifs (C(OH)–C–C–N with tert-alkyl or cyclic N) is 1. The molecule has 0 unspecified atom stereocenters. The van der Waals surface area contributed by atoms with Gasteiger partial charge in [0.05, 0.1) is 13.1 Å². The van der Waals surface area contributed by atoms with Crippen LogP contribution in [0.4, 0.5) is 5.95 Å². The van der Waals surface area contributed by atoms with Gasteiger partial charge in [-0.25, -0.2) is 9.97 Å². The SMILES string of the molecule is Cc1ccnc(N2CC(O)(C(C)C)C2)n1. The number of rotatable bonds is 2. The summed E-state index contributed by atoms with van der Waals surface area (Å²) < 4.78 is 0. The summed E-state index contributed by atoms with van der Waals surface area (Å²) in [6.07, 6.45) is 1.75. The Labute approximate surface area is 90.0 Å². The van der Waals surface area contributed by atoms with Crippen LogP contribution in [0.25, 0.3) is 0 Å². The minimum atomic E-state index is -0.562. The van der Waals surface area contributed by atoms with E-state index in [1.165, 1.54) is 0 Å². The minimum Gasteiger partial charge on any atom is -0.386 e. The predicted octanol–water partition coefficient (Wildman–Crippen LogP) is 0.992. The molecule has 0 amide bonds. The highest BCUT2D eigenvalue weighted by Gasteiger charge is 2.44. The van der Waals surface area contributed by atoms with Crippen molar-refractivity contribution in [2.45, 2.75) is 26.4 Å². The molecular weight excluding hydrogens is 190 g/mol. The molecule has 1 aliphatic heterocycles. The highest BCUT2D eigenvalue weighted by atomic mass is 16.3. The van der Waals surface area contributed by atoms with Gasteiger partial charge < -0.3 is 10.0 Å². The van der Waals surface area contributed by atoms with E-state index in [0.717, 1.165) is 11.6 Å². The first-order chi connectivity index (χ1) is 7.01. The molecule has 0 saturated carbocycles. The van der Waals surface area contributed by atoms with E-state index in [4.69, 9.17) is 0 Å². The summed E-state index contributed by atoms with van der Waals surface area (Å²) in [5.74, 6) is 0.999. The highest BCUT2D eigenvalue weighted by Crippen LogP contribution is 2.30. The Bertz CT molecular complexity index is 359. The fraction of sp³-hybridized carbons (Fsp3) is 0.636. The second-order valence-corrected chi connectivity index (χ2v) is 4.61. The van der Waals surface area contributed by atoms with Gasteiger partial charge in [-0.2, -0.15) is 0 Å². The van der Waals surface area contributed by atoms with Gasteiger partial charge in [0.15, 0.2) is 0 Å². The van der Waals surface area contributed by atoms with Crippen LogP contribution in [-0.4, -0.2) is 33.8 Å². The molecule has 1 aromatic heterocycles. The van der Waals surface area contributed by atoms with E-state index in [1.54, 1.807) is 6.20 Å². The fourth-order valence-electron chi connectivity index (χ4n) is 1.71. The number of hydrogen-bond acceptors (Lipinski definition) is 4. The molecule has 1 aromatic rings. The molecule has 1 saturated heterocycles. The molecule has 0 bridgehead atoms. The third kappa shape index (κ3) is 1.81. The van der Waals surface area contributed by atoms with Gasteiger partial charge in [0.1, 0.15) is 5.60 Å². The Morgan fingerprint density at radius 3 is 2.67 bits per heavy atom. The fourth-order valence-corrected chi connectivity index (χ4v) is 1.71. The third-order valence-corrected chi connectivity index (χ3v) is 3.07. The first-order valence-corrected chi connectivity index (χ1v) is 5.28. The molecule has 0 radical (unpaired) electrons. The van der Waals surface area contributed by atoms with Crippen LogP contribution in [0.3, 0.4) is 0 Å². The van der Waals surface area contributed by atoms with Crippen molar-refractivity contribution in [3.8, 4) is 0 Å². The van der Waals surface area contributed by atoms with E-state index in [2.05, 4.69) is 9.97 Å². The maximum atomic E-state index is 10.1. The number of nitrogens with zero attached hydrogens (tertiary/aromatic N) is 3. The average Bonchev–Trinajstić information content (AvgIpc) is 2.12. The van der Waals surface area contributed by atoms with Crippen molar-refractivity contribution in [3.63, 3.8) is 0 Å². The molecule has 0 spiro atoms. The maximum Gasteiger partial charge on any atom is 0.225 e. The highest BCUT2D eigenvalue weighted by molar-refractivity contribution is 5.37. The van der Waals surface area contributed by atoms with E-state index in [-0.39, 0.29) is 5.92 Å². The first kappa shape index (κ1) is 10.4. The van der Waals surface area contributed by atoms with Gasteiger partial charge in [0, 0.05) is 11.9 Å². The summed E-state index contributed by atoms with van der Waals surface area (Å²) in [5, 5.41) is 10.1. The van der Waals surface area contributed by atoms with Crippen molar-refractivity contribution in [2.75, 3.05) is 18.0 Å². The third-order valence-electron chi connectivity index (χ3n) is 3.07. The molecule has 0 aliphatic carbocycles. The number of aryl methyl sites for hydroxylation is 1. The molecular formula is C11H17N3O. The summed E-state index contributed by atoms with van der Waals surface area (Å²) in [7, 11) is 0. The zero-order chi connectivity index (χ0) is 11.1. The van der Waals surface area contributed by atoms with Gasteiger partial charge >= 0.3 is 0 Å². The van der Waals surface area contributed by atoms with Crippen molar-refractivity contribution in [1.82, 2.24) is 9.97 Å². The topological polar surface area (TPSA) is 49.2 Å². The normalized spacial score (nSPS) is 19.1. The van der Waals surface area contributed by atoms with Crippen LogP contribution in [0.1, 0.15) is 19.5 Å². The summed E-state index contributed by atoms with van der Waals surface area (Å²) >= 11 is 0. The number of aromatic nitrogens is 2. The Balaban J connectivity index is 2.06. The van der Waals surface area contributed by atoms with Crippen LogP contribution in [0.2, 0.25) is 0 Å². The van der Waals surface area contributed by atoms with E-state index in [0.29, 0.717) is 13.1 Å². The van der Waals surface area contributed by atoms with Gasteiger partial charge in [-0.15, -0.1) is 0 Å². The smallest absolute Gasteiger partial charge is 0.225 e. The number of anilines is 1. The van der Waals surface area contributed by atoms with E-state index < -0.39 is 5.60 Å². The van der Waals surface area contributed by atoms with Crippen LogP contribution in [0.15, 0.2) is 12.3 Å². The largest absolute Gasteiger partial charge is 0.386 e. The van der Waals surface area contributed by atoms with E-state index >= 15 is 0 Å². The molecule has 15 heavy (non-hydrogen) atoms. The summed E-state index contributed by atoms with van der Waals surface area (Å²) in [4.78, 5) is 10.5. The average molecular weight is 207 g/mol. The van der Waals surface area contributed by atoms with Gasteiger partial charge in [0.2, 0.25) is 5.95 Å². The molecule has 1 fully saturated rings. The zero-order valence-electron chi connectivity index (χ0n) is 9.44. The van der Waals surface area contributed by atoms with Crippen LogP contribution in [0.5, 0.6) is 0 Å². The van der Waals surface area contributed by atoms with Gasteiger partial charge in [-0.1, -0.05) is 13.8 Å². The van der Waals surface area contributed by atoms with Crippen LogP contribution >= 0.6 is 0 Å².